The van der Waals surface area contributed by atoms with E-state index in [-0.39, 0.29) is 18.9 Å². The van der Waals surface area contributed by atoms with Crippen LogP contribution >= 0.6 is 0 Å². The zero-order chi connectivity index (χ0) is 21.3. The molecule has 1 fully saturated rings. The molecule has 0 N–H and O–H groups in total. The predicted molar refractivity (Wildman–Crippen MR) is 114 cm³/mol. The predicted octanol–water partition coefficient (Wildman–Crippen LogP) is 2.53. The number of nitrogens with zero attached hydrogens (tertiary/aromatic N) is 2. The van der Waals surface area contributed by atoms with Crippen LogP contribution in [0.2, 0.25) is 0 Å². The van der Waals surface area contributed by atoms with Crippen molar-refractivity contribution in [2.75, 3.05) is 51.9 Å². The summed E-state index contributed by atoms with van der Waals surface area (Å²) in [4.78, 5) is 28.5. The number of piperazine rings is 1. The van der Waals surface area contributed by atoms with Gasteiger partial charge >= 0.3 is 5.97 Å². The van der Waals surface area contributed by atoms with Crippen molar-refractivity contribution in [3.8, 4) is 11.5 Å². The molecule has 0 saturated carbocycles. The van der Waals surface area contributed by atoms with Crippen LogP contribution in [0.3, 0.4) is 0 Å². The zero-order valence-corrected chi connectivity index (χ0v) is 17.5. The number of methoxy groups -OCH3 is 2. The molecular weight excluding hydrogens is 384 g/mol. The van der Waals surface area contributed by atoms with Gasteiger partial charge in [-0.15, -0.1) is 0 Å². The molecule has 0 bridgehead atoms. The van der Waals surface area contributed by atoms with Crippen molar-refractivity contribution in [2.45, 2.75) is 12.8 Å². The molecule has 1 aliphatic rings. The Kier molecular flexibility index (Phi) is 7.54. The number of esters is 1. The second kappa shape index (κ2) is 10.5. The summed E-state index contributed by atoms with van der Waals surface area (Å²) < 4.78 is 15.7. The number of anilines is 1. The third-order valence-electron chi connectivity index (χ3n) is 5.14. The van der Waals surface area contributed by atoms with E-state index in [0.29, 0.717) is 31.0 Å². The summed E-state index contributed by atoms with van der Waals surface area (Å²) in [6.07, 6.45) is 0.668. The highest BCUT2D eigenvalue weighted by molar-refractivity contribution is 5.81. The van der Waals surface area contributed by atoms with Gasteiger partial charge in [0.05, 0.1) is 14.2 Å². The average molecular weight is 412 g/mol. The fourth-order valence-corrected chi connectivity index (χ4v) is 3.42. The Morgan fingerprint density at radius 2 is 1.53 bits per heavy atom. The van der Waals surface area contributed by atoms with E-state index in [0.717, 1.165) is 24.3 Å². The van der Waals surface area contributed by atoms with Crippen molar-refractivity contribution in [1.29, 1.82) is 0 Å². The first-order valence-electron chi connectivity index (χ1n) is 10.0. The minimum atomic E-state index is -0.395. The van der Waals surface area contributed by atoms with Crippen LogP contribution in [-0.2, 0) is 20.7 Å². The van der Waals surface area contributed by atoms with E-state index in [1.807, 2.05) is 30.3 Å². The highest BCUT2D eigenvalue weighted by Gasteiger charge is 2.22. The molecule has 0 aromatic heterocycles. The summed E-state index contributed by atoms with van der Waals surface area (Å²) in [5.41, 5.74) is 2.07. The molecule has 0 radical (unpaired) electrons. The summed E-state index contributed by atoms with van der Waals surface area (Å²) in [7, 11) is 3.16. The molecule has 2 aromatic carbocycles. The van der Waals surface area contributed by atoms with Crippen LogP contribution in [-0.4, -0.2) is 63.8 Å². The van der Waals surface area contributed by atoms with Crippen LogP contribution in [0.4, 0.5) is 5.69 Å². The largest absolute Gasteiger partial charge is 0.497 e. The minimum absolute atomic E-state index is 0.154. The molecule has 0 aliphatic carbocycles. The van der Waals surface area contributed by atoms with Crippen LogP contribution in [0.25, 0.3) is 0 Å². The normalized spacial score (nSPS) is 13.7. The number of benzene rings is 2. The van der Waals surface area contributed by atoms with Crippen molar-refractivity contribution in [3.63, 3.8) is 0 Å². The van der Waals surface area contributed by atoms with Gasteiger partial charge in [0.15, 0.2) is 6.61 Å². The number of para-hydroxylation sites is 1. The van der Waals surface area contributed by atoms with Gasteiger partial charge in [-0.1, -0.05) is 18.2 Å². The number of hydrogen-bond donors (Lipinski definition) is 0. The lowest BCUT2D eigenvalue weighted by atomic mass is 10.1. The number of carbonyl (C=O) groups is 2. The number of aryl methyl sites for hydroxylation is 1. The molecule has 1 amide bonds. The highest BCUT2D eigenvalue weighted by Crippen LogP contribution is 2.23. The smallest absolute Gasteiger partial charge is 0.306 e. The highest BCUT2D eigenvalue weighted by atomic mass is 16.5. The summed E-state index contributed by atoms with van der Waals surface area (Å²) in [5.74, 6) is 0.789. The van der Waals surface area contributed by atoms with E-state index in [1.165, 1.54) is 0 Å². The maximum atomic E-state index is 12.4. The monoisotopic (exact) mass is 412 g/mol. The Hall–Kier alpha value is -3.22. The van der Waals surface area contributed by atoms with Crippen molar-refractivity contribution >= 4 is 17.6 Å². The number of amides is 1. The summed E-state index contributed by atoms with van der Waals surface area (Å²) in [6.45, 7) is 2.55. The van der Waals surface area contributed by atoms with Gasteiger partial charge in [0.1, 0.15) is 11.5 Å². The molecule has 0 atom stereocenters. The van der Waals surface area contributed by atoms with Gasteiger partial charge in [0, 0.05) is 44.4 Å². The molecule has 2 aromatic rings. The number of ether oxygens (including phenoxy) is 3. The number of carbonyl (C=O) groups excluding carboxylic acids is 2. The molecule has 0 unspecified atom stereocenters. The molecule has 1 heterocycles. The Bertz CT molecular complexity index is 826. The maximum absolute atomic E-state index is 12.4. The van der Waals surface area contributed by atoms with E-state index in [1.54, 1.807) is 25.2 Å². The molecule has 1 saturated heterocycles. The Labute approximate surface area is 177 Å². The fourth-order valence-electron chi connectivity index (χ4n) is 3.42. The molecule has 1 aliphatic heterocycles. The van der Waals surface area contributed by atoms with E-state index in [9.17, 15) is 9.59 Å². The van der Waals surface area contributed by atoms with Crippen LogP contribution in [0, 0.1) is 0 Å². The Morgan fingerprint density at radius 1 is 0.900 bits per heavy atom. The third kappa shape index (κ3) is 5.89. The lowest BCUT2D eigenvalue weighted by Crippen LogP contribution is -2.49. The average Bonchev–Trinajstić information content (AvgIpc) is 2.81. The number of rotatable bonds is 8. The van der Waals surface area contributed by atoms with Crippen LogP contribution in [0.15, 0.2) is 48.5 Å². The molecule has 7 heteroatoms. The summed E-state index contributed by atoms with van der Waals surface area (Å²) in [5, 5.41) is 0. The van der Waals surface area contributed by atoms with E-state index < -0.39 is 5.97 Å². The van der Waals surface area contributed by atoms with Gasteiger partial charge in [-0.3, -0.25) is 9.59 Å². The van der Waals surface area contributed by atoms with E-state index >= 15 is 0 Å². The van der Waals surface area contributed by atoms with E-state index in [4.69, 9.17) is 14.2 Å². The lowest BCUT2D eigenvalue weighted by Gasteiger charge is -2.36. The first kappa shape index (κ1) is 21.5. The van der Waals surface area contributed by atoms with Crippen molar-refractivity contribution in [1.82, 2.24) is 4.90 Å². The van der Waals surface area contributed by atoms with Crippen molar-refractivity contribution in [3.05, 3.63) is 54.1 Å². The van der Waals surface area contributed by atoms with Crippen LogP contribution in [0.1, 0.15) is 12.0 Å². The second-order valence-electron chi connectivity index (χ2n) is 7.08. The van der Waals surface area contributed by atoms with Gasteiger partial charge in [-0.05, 0) is 36.2 Å². The van der Waals surface area contributed by atoms with Gasteiger partial charge in [0.25, 0.3) is 5.91 Å². The summed E-state index contributed by atoms with van der Waals surface area (Å²) in [6, 6.07) is 15.6. The van der Waals surface area contributed by atoms with Gasteiger partial charge in [0.2, 0.25) is 0 Å². The molecular formula is C23H28N2O5. The molecule has 3 rings (SSSR count). The van der Waals surface area contributed by atoms with Gasteiger partial charge < -0.3 is 24.0 Å². The van der Waals surface area contributed by atoms with Gasteiger partial charge in [-0.25, -0.2) is 0 Å². The van der Waals surface area contributed by atoms with Gasteiger partial charge in [-0.2, -0.15) is 0 Å². The minimum Gasteiger partial charge on any atom is -0.497 e. The fraction of sp³-hybridized carbons (Fsp3) is 0.391. The van der Waals surface area contributed by atoms with E-state index in [2.05, 4.69) is 17.0 Å². The quantitative estimate of drug-likeness (QED) is 0.621. The molecule has 30 heavy (non-hydrogen) atoms. The second-order valence-corrected chi connectivity index (χ2v) is 7.08. The third-order valence-corrected chi connectivity index (χ3v) is 5.14. The van der Waals surface area contributed by atoms with Crippen molar-refractivity contribution < 1.29 is 23.8 Å². The molecule has 0 spiro atoms. The SMILES string of the molecule is COc1cc(CCC(=O)OCC(=O)N2CCN(c3ccccc3)CC2)cc(OC)c1. The standard InChI is InChI=1S/C23H28N2O5/c1-28-20-14-18(15-21(16-20)29-2)8-9-23(27)30-17-22(26)25-12-10-24(11-13-25)19-6-4-3-5-7-19/h3-7,14-16H,8-13,17H2,1-2H3. The topological polar surface area (TPSA) is 68.3 Å². The Morgan fingerprint density at radius 3 is 2.13 bits per heavy atom. The summed E-state index contributed by atoms with van der Waals surface area (Å²) >= 11 is 0. The van der Waals surface area contributed by atoms with Crippen molar-refractivity contribution in [2.24, 2.45) is 0 Å². The first-order valence-corrected chi connectivity index (χ1v) is 10.0. The van der Waals surface area contributed by atoms with Crippen LogP contribution in [0.5, 0.6) is 11.5 Å². The maximum Gasteiger partial charge on any atom is 0.306 e. The Balaban J connectivity index is 1.40. The van der Waals surface area contributed by atoms with Crippen LogP contribution < -0.4 is 14.4 Å². The molecule has 7 nitrogen and oxygen atoms in total. The first-order chi connectivity index (χ1) is 14.6. The lowest BCUT2D eigenvalue weighted by molar-refractivity contribution is -0.152. The molecule has 160 valence electrons. The zero-order valence-electron chi connectivity index (χ0n) is 17.5. The number of hydrogen-bond acceptors (Lipinski definition) is 6.